The van der Waals surface area contributed by atoms with Crippen molar-refractivity contribution in [1.29, 1.82) is 0 Å². The van der Waals surface area contributed by atoms with E-state index in [0.717, 1.165) is 18.2 Å². The minimum Gasteiger partial charge on any atom is -0.398 e. The lowest BCUT2D eigenvalue weighted by atomic mass is 10.1. The zero-order valence-corrected chi connectivity index (χ0v) is 12.6. The summed E-state index contributed by atoms with van der Waals surface area (Å²) in [5, 5.41) is 3.60. The molecule has 2 aromatic carbocycles. The number of alkyl halides is 3. The van der Waals surface area contributed by atoms with Crippen molar-refractivity contribution in [2.24, 2.45) is 0 Å². The molecule has 0 aliphatic rings. The van der Waals surface area contributed by atoms with Crippen LogP contribution in [0.3, 0.4) is 0 Å². The second kappa shape index (κ2) is 7.04. The molecule has 0 aliphatic heterocycles. The van der Waals surface area contributed by atoms with Gasteiger partial charge in [-0.15, -0.1) is 0 Å². The van der Waals surface area contributed by atoms with Gasteiger partial charge in [-0.05, 0) is 24.3 Å². The lowest BCUT2D eigenvalue weighted by Gasteiger charge is -2.13. The number of hydrogen-bond acceptors (Lipinski definition) is 4. The van der Waals surface area contributed by atoms with Gasteiger partial charge < -0.3 is 11.1 Å². The van der Waals surface area contributed by atoms with Crippen molar-refractivity contribution in [2.45, 2.75) is 6.18 Å². The van der Waals surface area contributed by atoms with Crippen LogP contribution in [0.2, 0.25) is 0 Å². The molecule has 0 bridgehead atoms. The maximum atomic E-state index is 12.9. The Morgan fingerprint density at radius 3 is 2.12 bits per heavy atom. The Morgan fingerprint density at radius 2 is 1.48 bits per heavy atom. The molecule has 6 nitrogen and oxygen atoms in total. The van der Waals surface area contributed by atoms with Gasteiger partial charge in [-0.2, -0.15) is 13.2 Å². The Hall–Kier alpha value is -3.36. The van der Waals surface area contributed by atoms with Gasteiger partial charge in [-0.1, -0.05) is 24.3 Å². The van der Waals surface area contributed by atoms with E-state index in [-0.39, 0.29) is 11.3 Å². The Balaban J connectivity index is 2.11. The predicted molar refractivity (Wildman–Crippen MR) is 83.4 cm³/mol. The molecule has 2 rings (SSSR count). The maximum absolute atomic E-state index is 12.9. The molecule has 2 aromatic rings. The molecule has 0 fully saturated rings. The first kappa shape index (κ1) is 18.0. The number of nitrogens with one attached hydrogen (secondary N) is 2. The lowest BCUT2D eigenvalue weighted by Crippen LogP contribution is -2.39. The summed E-state index contributed by atoms with van der Waals surface area (Å²) in [4.78, 5) is 35.4. The van der Waals surface area contributed by atoms with Crippen molar-refractivity contribution >= 4 is 29.1 Å². The minimum atomic E-state index is -4.71. The van der Waals surface area contributed by atoms with Crippen LogP contribution in [-0.4, -0.2) is 17.7 Å². The maximum Gasteiger partial charge on any atom is 0.418 e. The molecule has 0 spiro atoms. The van der Waals surface area contributed by atoms with Crippen molar-refractivity contribution in [3.63, 3.8) is 0 Å². The van der Waals surface area contributed by atoms with E-state index in [2.05, 4.69) is 0 Å². The topological polar surface area (TPSA) is 101 Å². The number of hydrogen-bond donors (Lipinski definition) is 3. The zero-order chi connectivity index (χ0) is 18.6. The molecule has 25 heavy (non-hydrogen) atoms. The van der Waals surface area contributed by atoms with Crippen molar-refractivity contribution in [1.82, 2.24) is 5.32 Å². The second-order valence-electron chi connectivity index (χ2n) is 4.87. The van der Waals surface area contributed by atoms with Gasteiger partial charge >= 0.3 is 18.0 Å². The zero-order valence-electron chi connectivity index (χ0n) is 12.6. The van der Waals surface area contributed by atoms with Crippen molar-refractivity contribution in [2.75, 3.05) is 11.1 Å². The third-order valence-corrected chi connectivity index (χ3v) is 3.12. The van der Waals surface area contributed by atoms with Crippen molar-refractivity contribution < 1.29 is 27.6 Å². The van der Waals surface area contributed by atoms with Gasteiger partial charge in [-0.25, -0.2) is 0 Å². The summed E-state index contributed by atoms with van der Waals surface area (Å²) in [6, 6.07) is 9.95. The third kappa shape index (κ3) is 4.34. The standard InChI is InChI=1S/C16H12F3N3O3/c17-16(18,19)10-6-2-4-8-12(10)21-14(24)15(25)22-13(23)9-5-1-3-7-11(9)20/h1-8H,20H2,(H,21,24)(H,22,23,25). The number of para-hydroxylation sites is 2. The van der Waals surface area contributed by atoms with Crippen LogP contribution in [-0.2, 0) is 15.8 Å². The molecule has 0 radical (unpaired) electrons. The first-order valence-electron chi connectivity index (χ1n) is 6.87. The lowest BCUT2D eigenvalue weighted by molar-refractivity contribution is -0.138. The number of benzene rings is 2. The van der Waals surface area contributed by atoms with E-state index in [1.807, 2.05) is 5.32 Å². The van der Waals surface area contributed by atoms with Gasteiger partial charge in [0.05, 0.1) is 16.8 Å². The smallest absolute Gasteiger partial charge is 0.398 e. The third-order valence-electron chi connectivity index (χ3n) is 3.12. The van der Waals surface area contributed by atoms with Crippen LogP contribution in [0.5, 0.6) is 0 Å². The molecule has 4 N–H and O–H groups in total. The second-order valence-corrected chi connectivity index (χ2v) is 4.87. The van der Waals surface area contributed by atoms with Gasteiger partial charge in [0.2, 0.25) is 0 Å². The Morgan fingerprint density at radius 1 is 0.880 bits per heavy atom. The number of imide groups is 1. The highest BCUT2D eigenvalue weighted by atomic mass is 19.4. The average molecular weight is 351 g/mol. The number of nitrogen functional groups attached to an aromatic ring is 1. The summed E-state index contributed by atoms with van der Waals surface area (Å²) in [7, 11) is 0. The quantitative estimate of drug-likeness (QED) is 0.570. The van der Waals surface area contributed by atoms with Crippen LogP contribution in [0, 0.1) is 0 Å². The molecule has 0 heterocycles. The highest BCUT2D eigenvalue weighted by Crippen LogP contribution is 2.34. The first-order chi connectivity index (χ1) is 11.7. The average Bonchev–Trinajstić information content (AvgIpc) is 2.54. The monoisotopic (exact) mass is 351 g/mol. The van der Waals surface area contributed by atoms with Crippen LogP contribution >= 0.6 is 0 Å². The van der Waals surface area contributed by atoms with Crippen LogP contribution < -0.4 is 16.4 Å². The van der Waals surface area contributed by atoms with E-state index in [1.54, 1.807) is 11.4 Å². The van der Waals surface area contributed by atoms with Crippen molar-refractivity contribution in [3.05, 3.63) is 59.7 Å². The molecule has 0 aromatic heterocycles. The van der Waals surface area contributed by atoms with E-state index in [9.17, 15) is 27.6 Å². The van der Waals surface area contributed by atoms with Gasteiger partial charge in [0.25, 0.3) is 5.91 Å². The van der Waals surface area contributed by atoms with Crippen LogP contribution in [0.15, 0.2) is 48.5 Å². The predicted octanol–water partition coefficient (Wildman–Crippen LogP) is 2.18. The molecule has 0 unspecified atom stereocenters. The summed E-state index contributed by atoms with van der Waals surface area (Å²) in [5.41, 5.74) is 3.89. The van der Waals surface area contributed by atoms with Gasteiger partial charge in [0.1, 0.15) is 0 Å². The molecule has 0 aliphatic carbocycles. The van der Waals surface area contributed by atoms with Crippen LogP contribution in [0.4, 0.5) is 24.5 Å². The molecule has 3 amide bonds. The molecular formula is C16H12F3N3O3. The SMILES string of the molecule is Nc1ccccc1C(=O)NC(=O)C(=O)Nc1ccccc1C(F)(F)F. The van der Waals surface area contributed by atoms with Crippen LogP contribution in [0.25, 0.3) is 0 Å². The number of carbonyl (C=O) groups excluding carboxylic acids is 3. The number of nitrogens with two attached hydrogens (primary N) is 1. The first-order valence-corrected chi connectivity index (χ1v) is 6.87. The molecule has 0 saturated heterocycles. The Bertz CT molecular complexity index is 835. The number of carbonyl (C=O) groups is 3. The normalized spacial score (nSPS) is 10.8. The Kier molecular flexibility index (Phi) is 5.06. The summed E-state index contributed by atoms with van der Waals surface area (Å²) < 4.78 is 38.6. The largest absolute Gasteiger partial charge is 0.418 e. The van der Waals surface area contributed by atoms with E-state index in [0.29, 0.717) is 0 Å². The van der Waals surface area contributed by atoms with E-state index >= 15 is 0 Å². The summed E-state index contributed by atoms with van der Waals surface area (Å²) in [6.07, 6.45) is -4.71. The molecule has 0 saturated carbocycles. The fourth-order valence-corrected chi connectivity index (χ4v) is 1.95. The molecular weight excluding hydrogens is 339 g/mol. The highest BCUT2D eigenvalue weighted by Gasteiger charge is 2.34. The molecule has 0 atom stereocenters. The number of rotatable bonds is 2. The number of halogens is 3. The summed E-state index contributed by atoms with van der Waals surface area (Å²) in [5.74, 6) is -3.77. The van der Waals surface area contributed by atoms with Gasteiger partial charge in [0.15, 0.2) is 0 Å². The summed E-state index contributed by atoms with van der Waals surface area (Å²) in [6.45, 7) is 0. The van der Waals surface area contributed by atoms with Crippen molar-refractivity contribution in [3.8, 4) is 0 Å². The van der Waals surface area contributed by atoms with Gasteiger partial charge in [0, 0.05) is 5.69 Å². The highest BCUT2D eigenvalue weighted by molar-refractivity contribution is 6.42. The summed E-state index contributed by atoms with van der Waals surface area (Å²) >= 11 is 0. The number of anilines is 2. The molecule has 130 valence electrons. The van der Waals surface area contributed by atoms with Gasteiger partial charge in [-0.3, -0.25) is 19.7 Å². The fourth-order valence-electron chi connectivity index (χ4n) is 1.95. The minimum absolute atomic E-state index is 0.0423. The van der Waals surface area contributed by atoms with Crippen LogP contribution in [0.1, 0.15) is 15.9 Å². The molecule has 9 heteroatoms. The van der Waals surface area contributed by atoms with E-state index < -0.39 is 35.1 Å². The van der Waals surface area contributed by atoms with E-state index in [4.69, 9.17) is 5.73 Å². The fraction of sp³-hybridized carbons (Fsp3) is 0.0625. The number of amides is 3. The van der Waals surface area contributed by atoms with E-state index in [1.165, 1.54) is 24.3 Å². The Labute approximate surface area is 139 Å².